The lowest BCUT2D eigenvalue weighted by Crippen LogP contribution is -2.33. The first-order valence-corrected chi connectivity index (χ1v) is 7.81. The molecule has 1 aliphatic rings. The molecule has 1 fully saturated rings. The molecule has 1 aromatic carbocycles. The number of hydrogen-bond acceptors (Lipinski definition) is 3. The van der Waals surface area contributed by atoms with Crippen LogP contribution < -0.4 is 0 Å². The van der Waals surface area contributed by atoms with Gasteiger partial charge in [0, 0.05) is 36.0 Å². The number of amides is 1. The summed E-state index contributed by atoms with van der Waals surface area (Å²) in [5.41, 5.74) is 0.451. The van der Waals surface area contributed by atoms with Gasteiger partial charge in [0.2, 0.25) is 0 Å². The van der Waals surface area contributed by atoms with Crippen LogP contribution in [0.4, 0.5) is 4.39 Å². The fraction of sp³-hybridized carbons (Fsp3) is 0.333. The van der Waals surface area contributed by atoms with Crippen molar-refractivity contribution in [3.8, 4) is 0 Å². The van der Waals surface area contributed by atoms with Crippen LogP contribution in [0.25, 0.3) is 6.08 Å². The van der Waals surface area contributed by atoms with Gasteiger partial charge in [0.25, 0.3) is 5.91 Å². The van der Waals surface area contributed by atoms with Crippen LogP contribution in [-0.4, -0.2) is 46.5 Å². The van der Waals surface area contributed by atoms with Crippen LogP contribution in [0.15, 0.2) is 24.3 Å². The molecular weight excluding hydrogens is 293 g/mol. The molecular formula is C15H16FNO3S. The lowest BCUT2D eigenvalue weighted by molar-refractivity contribution is -0.131. The van der Waals surface area contributed by atoms with Gasteiger partial charge in [0.05, 0.1) is 0 Å². The van der Waals surface area contributed by atoms with Gasteiger partial charge in [-0.25, -0.2) is 9.18 Å². The smallest absolute Gasteiger partial charge is 0.328 e. The van der Waals surface area contributed by atoms with E-state index in [-0.39, 0.29) is 11.5 Å². The molecule has 0 saturated carbocycles. The molecule has 4 nitrogen and oxygen atoms in total. The highest BCUT2D eigenvalue weighted by atomic mass is 32.2. The topological polar surface area (TPSA) is 57.6 Å². The number of rotatable bonds is 3. The van der Waals surface area contributed by atoms with Crippen molar-refractivity contribution in [3.05, 3.63) is 41.2 Å². The van der Waals surface area contributed by atoms with Crippen molar-refractivity contribution >= 4 is 29.7 Å². The van der Waals surface area contributed by atoms with Gasteiger partial charge in [-0.3, -0.25) is 4.79 Å². The minimum atomic E-state index is -1.14. The summed E-state index contributed by atoms with van der Waals surface area (Å²) >= 11 is 1.81. The molecule has 1 amide bonds. The SMILES string of the molecule is O=C(O)C=Cc1ccc(C(=O)N2CCCSCC2)cc1F. The normalized spacial score (nSPS) is 16.0. The zero-order valence-electron chi connectivity index (χ0n) is 11.4. The number of benzene rings is 1. The molecule has 0 atom stereocenters. The van der Waals surface area contributed by atoms with E-state index in [9.17, 15) is 14.0 Å². The van der Waals surface area contributed by atoms with Crippen molar-refractivity contribution in [2.75, 3.05) is 24.6 Å². The number of carboxylic acids is 1. The number of halogens is 1. The Kier molecular flexibility index (Phi) is 5.38. The van der Waals surface area contributed by atoms with E-state index in [0.717, 1.165) is 24.0 Å². The van der Waals surface area contributed by atoms with Crippen molar-refractivity contribution in [2.24, 2.45) is 0 Å². The van der Waals surface area contributed by atoms with Gasteiger partial charge in [-0.05, 0) is 30.4 Å². The summed E-state index contributed by atoms with van der Waals surface area (Å²) in [5.74, 6) is 0.0226. The van der Waals surface area contributed by atoms with Crippen molar-refractivity contribution in [3.63, 3.8) is 0 Å². The summed E-state index contributed by atoms with van der Waals surface area (Å²) in [6, 6.07) is 4.13. The number of carbonyl (C=O) groups is 2. The van der Waals surface area contributed by atoms with Crippen LogP contribution in [0.1, 0.15) is 22.3 Å². The maximum absolute atomic E-state index is 13.9. The fourth-order valence-electron chi connectivity index (χ4n) is 2.09. The first-order chi connectivity index (χ1) is 10.1. The Morgan fingerprint density at radius 2 is 2.10 bits per heavy atom. The Hall–Kier alpha value is -1.82. The zero-order valence-corrected chi connectivity index (χ0v) is 12.2. The first kappa shape index (κ1) is 15.6. The predicted molar refractivity (Wildman–Crippen MR) is 80.9 cm³/mol. The van der Waals surface area contributed by atoms with E-state index in [4.69, 9.17) is 5.11 Å². The second-order valence-electron chi connectivity index (χ2n) is 4.67. The molecule has 0 unspecified atom stereocenters. The standard InChI is InChI=1S/C15H16FNO3S/c16-13-10-12(3-2-11(13)4-5-14(18)19)15(20)17-6-1-8-21-9-7-17/h2-5,10H,1,6-9H2,(H,18,19). The van der Waals surface area contributed by atoms with E-state index < -0.39 is 11.8 Å². The quantitative estimate of drug-likeness (QED) is 0.872. The molecule has 1 N–H and O–H groups in total. The van der Waals surface area contributed by atoms with Gasteiger partial charge in [0.1, 0.15) is 5.82 Å². The lowest BCUT2D eigenvalue weighted by Gasteiger charge is -2.20. The highest BCUT2D eigenvalue weighted by molar-refractivity contribution is 7.99. The van der Waals surface area contributed by atoms with Crippen LogP contribution in [0.5, 0.6) is 0 Å². The third-order valence-corrected chi connectivity index (χ3v) is 4.21. The molecule has 1 saturated heterocycles. The van der Waals surface area contributed by atoms with E-state index in [1.165, 1.54) is 24.3 Å². The second-order valence-corrected chi connectivity index (χ2v) is 5.89. The van der Waals surface area contributed by atoms with Crippen LogP contribution in [0.2, 0.25) is 0 Å². The molecule has 0 radical (unpaired) electrons. The molecule has 0 spiro atoms. The molecule has 1 heterocycles. The van der Waals surface area contributed by atoms with Crippen molar-refractivity contribution in [1.29, 1.82) is 0 Å². The van der Waals surface area contributed by atoms with Crippen LogP contribution in [-0.2, 0) is 4.79 Å². The summed E-state index contributed by atoms with van der Waals surface area (Å²) in [7, 11) is 0. The number of hydrogen-bond donors (Lipinski definition) is 1. The van der Waals surface area contributed by atoms with Gasteiger partial charge < -0.3 is 10.0 Å². The molecule has 1 aliphatic heterocycles. The maximum Gasteiger partial charge on any atom is 0.328 e. The summed E-state index contributed by atoms with van der Waals surface area (Å²) < 4.78 is 13.9. The molecule has 1 aromatic rings. The van der Waals surface area contributed by atoms with E-state index >= 15 is 0 Å². The maximum atomic E-state index is 13.9. The summed E-state index contributed by atoms with van der Waals surface area (Å²) in [5, 5.41) is 8.53. The molecule has 21 heavy (non-hydrogen) atoms. The van der Waals surface area contributed by atoms with Gasteiger partial charge in [-0.2, -0.15) is 11.8 Å². The highest BCUT2D eigenvalue weighted by Crippen LogP contribution is 2.16. The fourth-order valence-corrected chi connectivity index (χ4v) is 2.97. The van der Waals surface area contributed by atoms with Crippen molar-refractivity contribution < 1.29 is 19.1 Å². The number of carbonyl (C=O) groups excluding carboxylic acids is 1. The third kappa shape index (κ3) is 4.32. The summed E-state index contributed by atoms with van der Waals surface area (Å²) in [6.45, 7) is 1.36. The number of aliphatic carboxylic acids is 1. The summed E-state index contributed by atoms with van der Waals surface area (Å²) in [4.78, 5) is 24.5. The van der Waals surface area contributed by atoms with E-state index in [2.05, 4.69) is 0 Å². The van der Waals surface area contributed by atoms with E-state index in [1.807, 2.05) is 11.8 Å². The Morgan fingerprint density at radius 1 is 1.29 bits per heavy atom. The molecule has 6 heteroatoms. The summed E-state index contributed by atoms with van der Waals surface area (Å²) in [6.07, 6.45) is 2.98. The van der Waals surface area contributed by atoms with E-state index in [1.54, 1.807) is 4.90 Å². The first-order valence-electron chi connectivity index (χ1n) is 6.65. The number of nitrogens with zero attached hydrogens (tertiary/aromatic N) is 1. The Bertz CT molecular complexity index is 566. The molecule has 2 rings (SSSR count). The second kappa shape index (κ2) is 7.26. The Labute approximate surface area is 126 Å². The van der Waals surface area contributed by atoms with E-state index in [0.29, 0.717) is 18.7 Å². The van der Waals surface area contributed by atoms with Gasteiger partial charge in [0.15, 0.2) is 0 Å². The largest absolute Gasteiger partial charge is 0.478 e. The Balaban J connectivity index is 2.15. The van der Waals surface area contributed by atoms with Crippen molar-refractivity contribution in [1.82, 2.24) is 4.90 Å². The third-order valence-electron chi connectivity index (χ3n) is 3.16. The zero-order chi connectivity index (χ0) is 15.2. The van der Waals surface area contributed by atoms with Crippen molar-refractivity contribution in [2.45, 2.75) is 6.42 Å². The van der Waals surface area contributed by atoms with Gasteiger partial charge in [-0.15, -0.1) is 0 Å². The minimum Gasteiger partial charge on any atom is -0.478 e. The number of carboxylic acid groups (broad SMARTS) is 1. The van der Waals surface area contributed by atoms with Crippen LogP contribution in [0, 0.1) is 5.82 Å². The predicted octanol–water partition coefficient (Wildman–Crippen LogP) is 2.50. The highest BCUT2D eigenvalue weighted by Gasteiger charge is 2.18. The molecule has 112 valence electrons. The monoisotopic (exact) mass is 309 g/mol. The molecule has 0 aliphatic carbocycles. The Morgan fingerprint density at radius 3 is 2.81 bits per heavy atom. The van der Waals surface area contributed by atoms with Crippen LogP contribution >= 0.6 is 11.8 Å². The van der Waals surface area contributed by atoms with Gasteiger partial charge >= 0.3 is 5.97 Å². The lowest BCUT2D eigenvalue weighted by atomic mass is 10.1. The number of thioether (sulfide) groups is 1. The average molecular weight is 309 g/mol. The van der Waals surface area contributed by atoms with Gasteiger partial charge in [-0.1, -0.05) is 6.07 Å². The minimum absolute atomic E-state index is 0.153. The molecule has 0 bridgehead atoms. The average Bonchev–Trinajstić information content (AvgIpc) is 2.74. The molecule has 0 aromatic heterocycles. The van der Waals surface area contributed by atoms with Crippen LogP contribution in [0.3, 0.4) is 0 Å².